The van der Waals surface area contributed by atoms with E-state index in [9.17, 15) is 67.7 Å². The lowest BCUT2D eigenvalue weighted by Crippen LogP contribution is -2.59. The first kappa shape index (κ1) is 90.8. The number of hydrogen-bond acceptors (Lipinski definition) is 21. The Morgan fingerprint density at radius 2 is 0.819 bits per heavy atom. The number of hydrogen-bond donors (Lipinski definition) is 11. The smallest absolute Gasteiger partial charge is 0.419 e. The minimum atomic E-state index is -1.86. The molecule has 2 aromatic heterocycles. The van der Waals surface area contributed by atoms with E-state index in [1.54, 1.807) is 123 Å². The molecule has 1 aliphatic carbocycles. The second kappa shape index (κ2) is 48.0. The average Bonchev–Trinajstić information content (AvgIpc) is 1.62. The number of carbonyl (C=O) groups is 12. The number of aromatic nitrogens is 4. The van der Waals surface area contributed by atoms with Crippen molar-refractivity contribution < 1.29 is 86.7 Å². The molecule has 4 unspecified atom stereocenters. The average molecular weight is 1610 g/mol. The van der Waals surface area contributed by atoms with Crippen LogP contribution in [0.25, 0.3) is 0 Å². The van der Waals surface area contributed by atoms with Crippen molar-refractivity contribution in [2.75, 3.05) is 13.1 Å². The molecule has 1 saturated carbocycles. The molecule has 612 valence electrons. The predicted molar refractivity (Wildman–Crippen MR) is 427 cm³/mol. The Bertz CT molecular complexity index is 4480. The van der Waals surface area contributed by atoms with Crippen LogP contribution in [-0.2, 0) is 101 Å². The van der Waals surface area contributed by atoms with Crippen molar-refractivity contribution in [1.29, 1.82) is 0 Å². The Hall–Kier alpha value is -12.4. The van der Waals surface area contributed by atoms with Crippen molar-refractivity contribution in [3.05, 3.63) is 252 Å². The first-order valence-electron chi connectivity index (χ1n) is 37.8. The largest absolute Gasteiger partial charge is 0.459 e. The van der Waals surface area contributed by atoms with Crippen LogP contribution in [0, 0.1) is 5.92 Å². The molecule has 2 heterocycles. The van der Waals surface area contributed by atoms with Gasteiger partial charge in [-0.15, -0.1) is 12.4 Å². The summed E-state index contributed by atoms with van der Waals surface area (Å²) >= 11 is 0. The molecule has 0 saturated heterocycles. The maximum absolute atomic E-state index is 14.1. The number of aliphatic hydroxyl groups excluding tert-OH is 2. The zero-order chi connectivity index (χ0) is 82.4. The molecule has 8 amide bonds. The summed E-state index contributed by atoms with van der Waals surface area (Å²) in [5.74, 6) is -8.09. The molecule has 12 N–H and O–H groups in total. The molecule has 0 aliphatic heterocycles. The fourth-order valence-corrected chi connectivity index (χ4v) is 12.4. The van der Waals surface area contributed by atoms with E-state index in [4.69, 9.17) is 32.5 Å². The highest BCUT2D eigenvalue weighted by atomic mass is 35.5. The molecule has 31 nitrogen and oxygen atoms in total. The molecule has 1 aliphatic rings. The Morgan fingerprint density at radius 1 is 0.457 bits per heavy atom. The zero-order valence-electron chi connectivity index (χ0n) is 64.2. The minimum absolute atomic E-state index is 0. The number of halogens is 1. The number of amides is 8. The number of nitrogens with zero attached hydrogens (tertiary/aromatic N) is 4. The van der Waals surface area contributed by atoms with Crippen LogP contribution in [-0.4, -0.2) is 164 Å². The molecule has 0 spiro atoms. The third-order valence-corrected chi connectivity index (χ3v) is 18.4. The van der Waals surface area contributed by atoms with Crippen molar-refractivity contribution >= 4 is 91.5 Å². The summed E-state index contributed by atoms with van der Waals surface area (Å²) in [4.78, 5) is 165. The van der Waals surface area contributed by atoms with E-state index in [0.717, 1.165) is 50.7 Å². The van der Waals surface area contributed by atoms with Gasteiger partial charge in [0, 0.05) is 25.2 Å². The number of carbonyl (C=O) groups excluding carboxylic acids is 12. The van der Waals surface area contributed by atoms with Gasteiger partial charge in [0.1, 0.15) is 51.2 Å². The van der Waals surface area contributed by atoms with Crippen molar-refractivity contribution in [2.45, 2.75) is 165 Å². The Labute approximate surface area is 678 Å². The number of nitrogens with two attached hydrogens (primary N) is 1. The van der Waals surface area contributed by atoms with Crippen LogP contribution in [0.4, 0.5) is 14.4 Å². The maximum Gasteiger partial charge on any atom is 0.419 e. The minimum Gasteiger partial charge on any atom is -0.459 e. The van der Waals surface area contributed by atoms with E-state index < -0.39 is 139 Å². The number of ether oxygens (including phenoxy) is 4. The van der Waals surface area contributed by atoms with Gasteiger partial charge in [0.15, 0.2) is 30.1 Å². The number of aliphatic hydroxyl groups is 2. The lowest BCUT2D eigenvalue weighted by atomic mass is 9.83. The van der Waals surface area contributed by atoms with Gasteiger partial charge in [-0.2, -0.15) is 0 Å². The van der Waals surface area contributed by atoms with Gasteiger partial charge in [-0.05, 0) is 65.0 Å². The summed E-state index contributed by atoms with van der Waals surface area (Å²) in [6, 6.07) is 45.1. The number of imidazole rings is 2. The maximum atomic E-state index is 14.1. The van der Waals surface area contributed by atoms with Crippen LogP contribution >= 0.6 is 12.4 Å². The second-order valence-electron chi connectivity index (χ2n) is 27.2. The highest BCUT2D eigenvalue weighted by molar-refractivity contribution is 6.57. The van der Waals surface area contributed by atoms with E-state index >= 15 is 0 Å². The lowest BCUT2D eigenvalue weighted by molar-refractivity contribution is -0.149. The van der Waals surface area contributed by atoms with Crippen LogP contribution < -0.4 is 48.3 Å². The van der Waals surface area contributed by atoms with Crippen molar-refractivity contribution in [2.24, 2.45) is 11.7 Å². The molecule has 2 radical (unpaired) electrons. The molecular formula is C83H97BClN13O18. The van der Waals surface area contributed by atoms with Crippen molar-refractivity contribution in [3.8, 4) is 0 Å². The summed E-state index contributed by atoms with van der Waals surface area (Å²) in [5.41, 5.74) is 10.7. The van der Waals surface area contributed by atoms with Crippen LogP contribution in [0.3, 0.4) is 0 Å². The second-order valence-corrected chi connectivity index (χ2v) is 27.2. The lowest BCUT2D eigenvalue weighted by Gasteiger charge is -2.31. The van der Waals surface area contributed by atoms with Gasteiger partial charge in [0.05, 0.1) is 42.6 Å². The van der Waals surface area contributed by atoms with Gasteiger partial charge in [-0.3, -0.25) is 38.4 Å². The van der Waals surface area contributed by atoms with Gasteiger partial charge in [0.25, 0.3) is 11.8 Å². The fourth-order valence-electron chi connectivity index (χ4n) is 12.4. The fraction of sp³-hybridized carbons (Fsp3) is 0.349. The Morgan fingerprint density at radius 3 is 1.20 bits per heavy atom. The summed E-state index contributed by atoms with van der Waals surface area (Å²) in [6.45, 7) is 2.43. The van der Waals surface area contributed by atoms with Gasteiger partial charge in [0.2, 0.25) is 37.4 Å². The molecule has 9 rings (SSSR count). The molecule has 9 atom stereocenters. The Kier molecular flexibility index (Phi) is 37.6. The molecule has 6 aromatic carbocycles. The van der Waals surface area contributed by atoms with Crippen LogP contribution in [0.15, 0.2) is 207 Å². The number of benzene rings is 6. The summed E-state index contributed by atoms with van der Waals surface area (Å²) in [7, 11) is 5.47. The SMILES string of the molecule is CCCC(NC(=O)[C@@H](N)Cc1cn(C(=O)OCc2ccccc2)cn1)C(O)C(=O)NCC(=O)N[C@H](C(=O)OCc1ccccc1)c1ccccc1.Cl.[B]C(=O)N[C@H](C(=O)N[C@@H](Cc1cn(C(=O)OCc2ccccc2)cn1)C(=O)NC(CCC)C(O)C(=O)NCC(=O)N[C@H](C(=O)OCc1ccccc1)c1ccccc1)C1CCCCC1. The normalized spacial score (nSPS) is 14.0. The molecular weight excluding hydrogens is 1510 g/mol. The van der Waals surface area contributed by atoms with Crippen molar-refractivity contribution in [1.82, 2.24) is 61.6 Å². The zero-order valence-corrected chi connectivity index (χ0v) is 65.0. The molecule has 0 bridgehead atoms. The third-order valence-electron chi connectivity index (χ3n) is 18.4. The number of esters is 2. The highest BCUT2D eigenvalue weighted by Crippen LogP contribution is 2.27. The first-order chi connectivity index (χ1) is 55.5. The summed E-state index contributed by atoms with van der Waals surface area (Å²) < 4.78 is 23.8. The monoisotopic (exact) mass is 1610 g/mol. The molecule has 1 fully saturated rings. The van der Waals surface area contributed by atoms with E-state index in [0.29, 0.717) is 42.5 Å². The third kappa shape index (κ3) is 29.9. The standard InChI is InChI=1S/C46H54BN7O10.C37H42N6O8.ClH/c1-2-15-35(40(56)43(59)48-25-37(55)52-39(33-22-13-6-14-23-33)44(60)63-27-30-16-7-3-8-17-30)50-41(57)36(51-42(58)38(53-45(47)61)32-20-11-5-12-21-32)24-34-26-54(29-49-34)46(62)64-28-31-18-9-4-10-19-31;1-2-12-30(41-34(46)29(38)19-28-21-43(24-40-28)37(49)51-23-26-15-8-4-9-16-26)33(45)35(47)39-20-31(44)42-32(27-17-10-5-11-18-27)36(48)50-22-25-13-6-3-7-14-25;/h3-4,6-10,13-14,16-19,22-23,26,29,32,35-36,38-40,56H,2,5,11-12,15,20-21,24-25,27-28H2,1H3,(H,48,59)(H,50,57)(H,51,58)(H,52,55)(H,53,61);3-11,13-18,21,24,29-30,32-33,45H,2,12,19-20,22-23,38H2,1H3,(H,39,47)(H,41,46)(H,42,44);1H/t35?,36-,38-,39-,40?;29-,30?,32-,33?;/m00./s1. The van der Waals surface area contributed by atoms with Gasteiger partial charge in [-0.1, -0.05) is 228 Å². The molecule has 8 aromatic rings. The summed E-state index contributed by atoms with van der Waals surface area (Å²) in [5, 5.41) is 42.5. The quantitative estimate of drug-likeness (QED) is 0.0120. The summed E-state index contributed by atoms with van der Waals surface area (Å²) in [6.07, 6.45) is 5.15. The van der Waals surface area contributed by atoms with Crippen molar-refractivity contribution in [3.63, 3.8) is 0 Å². The molecule has 33 heteroatoms. The topological polar surface area (TPSA) is 440 Å². The van der Waals surface area contributed by atoms with Gasteiger partial charge in [-0.25, -0.2) is 38.3 Å². The molecule has 116 heavy (non-hydrogen) atoms. The van der Waals surface area contributed by atoms with E-state index in [-0.39, 0.29) is 76.1 Å². The van der Waals surface area contributed by atoms with E-state index in [1.807, 2.05) is 72.8 Å². The van der Waals surface area contributed by atoms with Crippen LogP contribution in [0.1, 0.15) is 128 Å². The Balaban J connectivity index is 0.000000326. The predicted octanol–water partition coefficient (Wildman–Crippen LogP) is 6.01. The van der Waals surface area contributed by atoms with E-state index in [1.165, 1.54) is 25.0 Å². The van der Waals surface area contributed by atoms with E-state index in [2.05, 4.69) is 52.5 Å². The first-order valence-corrected chi connectivity index (χ1v) is 37.8. The van der Waals surface area contributed by atoms with Crippen LogP contribution in [0.2, 0.25) is 0 Å². The number of nitrogens with one attached hydrogen (secondary N) is 8. The highest BCUT2D eigenvalue weighted by Gasteiger charge is 2.37. The van der Waals surface area contributed by atoms with Crippen LogP contribution in [0.5, 0.6) is 0 Å². The number of rotatable bonds is 38. The van der Waals surface area contributed by atoms with Gasteiger partial charge >= 0.3 is 24.1 Å². The van der Waals surface area contributed by atoms with Gasteiger partial charge < -0.3 is 77.4 Å².